The van der Waals surface area contributed by atoms with Crippen LogP contribution < -0.4 is 10.6 Å². The Morgan fingerprint density at radius 1 is 1.15 bits per heavy atom. The third-order valence-corrected chi connectivity index (χ3v) is 3.11. The molecule has 104 valence electrons. The van der Waals surface area contributed by atoms with Gasteiger partial charge in [-0.25, -0.2) is 0 Å². The van der Waals surface area contributed by atoms with Crippen molar-refractivity contribution in [3.63, 3.8) is 0 Å². The lowest BCUT2D eigenvalue weighted by atomic mass is 10.2. The molecule has 4 heteroatoms. The molecule has 2 rings (SSSR count). The van der Waals surface area contributed by atoms with Crippen LogP contribution in [0.2, 0.25) is 5.02 Å². The number of hydrogen-bond acceptors (Lipinski definition) is 2. The molecule has 3 nitrogen and oxygen atoms in total. The third kappa shape index (κ3) is 4.00. The maximum absolute atomic E-state index is 11.6. The summed E-state index contributed by atoms with van der Waals surface area (Å²) < 4.78 is 0. The zero-order valence-electron chi connectivity index (χ0n) is 11.3. The van der Waals surface area contributed by atoms with Gasteiger partial charge in [-0.2, -0.15) is 0 Å². The fourth-order valence-corrected chi connectivity index (χ4v) is 2.07. The van der Waals surface area contributed by atoms with E-state index in [4.69, 9.17) is 11.6 Å². The molecule has 1 amide bonds. The Balaban J connectivity index is 1.95. The molecule has 2 N–H and O–H groups in total. The number of amides is 1. The second-order valence-corrected chi connectivity index (χ2v) is 4.86. The van der Waals surface area contributed by atoms with Crippen molar-refractivity contribution in [2.75, 3.05) is 11.9 Å². The quantitative estimate of drug-likeness (QED) is 0.881. The molecule has 2 aromatic rings. The monoisotopic (exact) mass is 288 g/mol. The van der Waals surface area contributed by atoms with Crippen molar-refractivity contribution < 1.29 is 4.79 Å². The van der Waals surface area contributed by atoms with Crippen LogP contribution in [-0.2, 0) is 6.54 Å². The standard InChI is InChI=1S/C16H17ClN2O/c1-2-18-16(20)13-6-8-15(9-7-13)19-11-12-4-3-5-14(17)10-12/h3-10,19H,2,11H2,1H3,(H,18,20). The molecule has 0 radical (unpaired) electrons. The van der Waals surface area contributed by atoms with E-state index in [0.717, 1.165) is 16.3 Å². The maximum atomic E-state index is 11.6. The van der Waals surface area contributed by atoms with E-state index < -0.39 is 0 Å². The van der Waals surface area contributed by atoms with Crippen LogP contribution in [-0.4, -0.2) is 12.5 Å². The van der Waals surface area contributed by atoms with Crippen molar-refractivity contribution in [1.29, 1.82) is 0 Å². The molecule has 0 unspecified atom stereocenters. The smallest absolute Gasteiger partial charge is 0.251 e. The molecule has 0 saturated heterocycles. The highest BCUT2D eigenvalue weighted by atomic mass is 35.5. The SMILES string of the molecule is CCNC(=O)c1ccc(NCc2cccc(Cl)c2)cc1. The van der Waals surface area contributed by atoms with Gasteiger partial charge in [-0.05, 0) is 48.9 Å². The largest absolute Gasteiger partial charge is 0.381 e. The highest BCUT2D eigenvalue weighted by Gasteiger charge is 2.03. The first-order chi connectivity index (χ1) is 9.69. The minimum atomic E-state index is -0.0473. The molecule has 20 heavy (non-hydrogen) atoms. The Morgan fingerprint density at radius 3 is 2.55 bits per heavy atom. The number of nitrogens with one attached hydrogen (secondary N) is 2. The van der Waals surface area contributed by atoms with Gasteiger partial charge in [0.25, 0.3) is 5.91 Å². The fourth-order valence-electron chi connectivity index (χ4n) is 1.85. The van der Waals surface area contributed by atoms with Crippen LogP contribution in [0.15, 0.2) is 48.5 Å². The summed E-state index contributed by atoms with van der Waals surface area (Å²) in [4.78, 5) is 11.6. The summed E-state index contributed by atoms with van der Waals surface area (Å²) in [6, 6.07) is 15.1. The molecule has 0 saturated carbocycles. The van der Waals surface area contributed by atoms with Gasteiger partial charge < -0.3 is 10.6 Å². The second kappa shape index (κ2) is 6.96. The van der Waals surface area contributed by atoms with Crippen molar-refractivity contribution >= 4 is 23.2 Å². The number of carbonyl (C=O) groups excluding carboxylic acids is 1. The second-order valence-electron chi connectivity index (χ2n) is 4.42. The van der Waals surface area contributed by atoms with E-state index in [1.807, 2.05) is 55.5 Å². The predicted octanol–water partition coefficient (Wildman–Crippen LogP) is 3.70. The van der Waals surface area contributed by atoms with Gasteiger partial charge in [0.2, 0.25) is 0 Å². The van der Waals surface area contributed by atoms with E-state index in [1.165, 1.54) is 0 Å². The summed E-state index contributed by atoms with van der Waals surface area (Å²) in [6.07, 6.45) is 0. The van der Waals surface area contributed by atoms with Crippen LogP contribution in [0, 0.1) is 0 Å². The van der Waals surface area contributed by atoms with Gasteiger partial charge in [-0.15, -0.1) is 0 Å². The molecular formula is C16H17ClN2O. The first-order valence-corrected chi connectivity index (χ1v) is 6.93. The maximum Gasteiger partial charge on any atom is 0.251 e. The molecule has 0 aliphatic carbocycles. The molecule has 0 aromatic heterocycles. The average molecular weight is 289 g/mol. The molecule has 0 fully saturated rings. The van der Waals surface area contributed by atoms with E-state index in [1.54, 1.807) is 0 Å². The molecular weight excluding hydrogens is 272 g/mol. The Morgan fingerprint density at radius 2 is 1.90 bits per heavy atom. The summed E-state index contributed by atoms with van der Waals surface area (Å²) in [5.41, 5.74) is 2.75. The van der Waals surface area contributed by atoms with Crippen LogP contribution in [0.25, 0.3) is 0 Å². The fraction of sp³-hybridized carbons (Fsp3) is 0.188. The first kappa shape index (κ1) is 14.4. The number of halogens is 1. The lowest BCUT2D eigenvalue weighted by Crippen LogP contribution is -2.22. The summed E-state index contributed by atoms with van der Waals surface area (Å²) in [5.74, 6) is -0.0473. The number of carbonyl (C=O) groups is 1. The number of rotatable bonds is 5. The molecule has 0 atom stereocenters. The van der Waals surface area contributed by atoms with Crippen LogP contribution in [0.1, 0.15) is 22.8 Å². The predicted molar refractivity (Wildman–Crippen MR) is 83.2 cm³/mol. The number of benzene rings is 2. The Hall–Kier alpha value is -2.00. The van der Waals surface area contributed by atoms with Crippen molar-refractivity contribution in [1.82, 2.24) is 5.32 Å². The van der Waals surface area contributed by atoms with Crippen LogP contribution >= 0.6 is 11.6 Å². The van der Waals surface area contributed by atoms with Crippen molar-refractivity contribution in [3.8, 4) is 0 Å². The van der Waals surface area contributed by atoms with Crippen molar-refractivity contribution in [2.24, 2.45) is 0 Å². The van der Waals surface area contributed by atoms with Crippen LogP contribution in [0.4, 0.5) is 5.69 Å². The summed E-state index contributed by atoms with van der Waals surface area (Å²) in [6.45, 7) is 3.23. The highest BCUT2D eigenvalue weighted by Crippen LogP contribution is 2.14. The van der Waals surface area contributed by atoms with Gasteiger partial charge >= 0.3 is 0 Å². The summed E-state index contributed by atoms with van der Waals surface area (Å²) >= 11 is 5.94. The summed E-state index contributed by atoms with van der Waals surface area (Å²) in [7, 11) is 0. The lowest BCUT2D eigenvalue weighted by Gasteiger charge is -2.08. The van der Waals surface area contributed by atoms with E-state index in [-0.39, 0.29) is 5.91 Å². The zero-order chi connectivity index (χ0) is 14.4. The van der Waals surface area contributed by atoms with E-state index >= 15 is 0 Å². The highest BCUT2D eigenvalue weighted by molar-refractivity contribution is 6.30. The van der Waals surface area contributed by atoms with Crippen LogP contribution in [0.5, 0.6) is 0 Å². The van der Waals surface area contributed by atoms with Crippen molar-refractivity contribution in [2.45, 2.75) is 13.5 Å². The van der Waals surface area contributed by atoms with Crippen molar-refractivity contribution in [3.05, 3.63) is 64.7 Å². The molecule has 0 aliphatic rings. The molecule has 2 aromatic carbocycles. The van der Waals surface area contributed by atoms with Gasteiger partial charge in [0.1, 0.15) is 0 Å². The summed E-state index contributed by atoms with van der Waals surface area (Å²) in [5, 5.41) is 6.80. The number of hydrogen-bond donors (Lipinski definition) is 2. The molecule has 0 heterocycles. The molecule has 0 spiro atoms. The molecule has 0 bridgehead atoms. The van der Waals surface area contributed by atoms with Crippen LogP contribution in [0.3, 0.4) is 0 Å². The Kier molecular flexibility index (Phi) is 5.02. The van der Waals surface area contributed by atoms with E-state index in [2.05, 4.69) is 10.6 Å². The topological polar surface area (TPSA) is 41.1 Å². The zero-order valence-corrected chi connectivity index (χ0v) is 12.1. The minimum absolute atomic E-state index is 0.0473. The lowest BCUT2D eigenvalue weighted by molar-refractivity contribution is 0.0956. The average Bonchev–Trinajstić information content (AvgIpc) is 2.46. The van der Waals surface area contributed by atoms with Gasteiger partial charge in [0, 0.05) is 29.4 Å². The minimum Gasteiger partial charge on any atom is -0.381 e. The Labute approximate surface area is 124 Å². The van der Waals surface area contributed by atoms with Gasteiger partial charge in [-0.1, -0.05) is 23.7 Å². The van der Waals surface area contributed by atoms with E-state index in [0.29, 0.717) is 18.7 Å². The Bertz CT molecular complexity index is 581. The normalized spacial score (nSPS) is 10.1. The van der Waals surface area contributed by atoms with Gasteiger partial charge in [-0.3, -0.25) is 4.79 Å². The first-order valence-electron chi connectivity index (χ1n) is 6.55. The third-order valence-electron chi connectivity index (χ3n) is 2.87. The van der Waals surface area contributed by atoms with Gasteiger partial charge in [0.15, 0.2) is 0 Å². The van der Waals surface area contributed by atoms with Gasteiger partial charge in [0.05, 0.1) is 0 Å². The number of anilines is 1. The van der Waals surface area contributed by atoms with E-state index in [9.17, 15) is 4.79 Å². The molecule has 0 aliphatic heterocycles.